The molecule has 1 aromatic rings. The highest BCUT2D eigenvalue weighted by Crippen LogP contribution is 2.22. The van der Waals surface area contributed by atoms with Crippen LogP contribution < -0.4 is 5.32 Å². The second-order valence-corrected chi connectivity index (χ2v) is 3.65. The van der Waals surface area contributed by atoms with Crippen LogP contribution in [0, 0.1) is 5.82 Å². The minimum atomic E-state index is -1.07. The minimum absolute atomic E-state index is 0.0665. The summed E-state index contributed by atoms with van der Waals surface area (Å²) in [6, 6.07) is 3.86. The molecule has 0 amide bonds. The number of aliphatic hydroxyl groups excluding tert-OH is 2. The summed E-state index contributed by atoms with van der Waals surface area (Å²) >= 11 is 5.56. The summed E-state index contributed by atoms with van der Waals surface area (Å²) in [5.74, 6) is -0.546. The quantitative estimate of drug-likeness (QED) is 0.730. The zero-order chi connectivity index (χ0) is 11.4. The lowest BCUT2D eigenvalue weighted by molar-refractivity contribution is 0.0202. The standard InChI is InChI=1S/C10H13ClFNO2/c1-13-5-9(14)10(15)6-2-3-8(12)7(11)4-6/h2-4,9-10,13-15H,5H2,1H3. The number of benzene rings is 1. The maximum absolute atomic E-state index is 12.8. The highest BCUT2D eigenvalue weighted by molar-refractivity contribution is 6.30. The first kappa shape index (κ1) is 12.4. The van der Waals surface area contributed by atoms with Crippen molar-refractivity contribution in [3.05, 3.63) is 34.6 Å². The maximum Gasteiger partial charge on any atom is 0.141 e. The van der Waals surface area contributed by atoms with Gasteiger partial charge < -0.3 is 15.5 Å². The van der Waals surface area contributed by atoms with Crippen LogP contribution in [0.25, 0.3) is 0 Å². The van der Waals surface area contributed by atoms with Gasteiger partial charge in [-0.15, -0.1) is 0 Å². The van der Waals surface area contributed by atoms with Crippen LogP contribution in [0.1, 0.15) is 11.7 Å². The number of aliphatic hydroxyl groups is 2. The Hall–Kier alpha value is -0.680. The van der Waals surface area contributed by atoms with Gasteiger partial charge in [0.2, 0.25) is 0 Å². The van der Waals surface area contributed by atoms with E-state index in [2.05, 4.69) is 5.32 Å². The number of likely N-dealkylation sites (N-methyl/N-ethyl adjacent to an activating group) is 1. The van der Waals surface area contributed by atoms with Gasteiger partial charge in [0.25, 0.3) is 0 Å². The normalized spacial score (nSPS) is 15.0. The third-order valence-corrected chi connectivity index (χ3v) is 2.35. The van der Waals surface area contributed by atoms with Crippen molar-refractivity contribution in [3.63, 3.8) is 0 Å². The van der Waals surface area contributed by atoms with Gasteiger partial charge in [-0.05, 0) is 24.7 Å². The summed E-state index contributed by atoms with van der Waals surface area (Å²) in [6.45, 7) is 0.246. The average molecular weight is 234 g/mol. The summed E-state index contributed by atoms with van der Waals surface area (Å²) in [5, 5.41) is 21.8. The fourth-order valence-electron chi connectivity index (χ4n) is 1.24. The Morgan fingerprint density at radius 3 is 2.67 bits per heavy atom. The zero-order valence-electron chi connectivity index (χ0n) is 8.24. The van der Waals surface area contributed by atoms with Gasteiger partial charge in [0, 0.05) is 6.54 Å². The second-order valence-electron chi connectivity index (χ2n) is 3.24. The fourth-order valence-corrected chi connectivity index (χ4v) is 1.43. The van der Waals surface area contributed by atoms with Crippen molar-refractivity contribution < 1.29 is 14.6 Å². The minimum Gasteiger partial charge on any atom is -0.389 e. The number of hydrogen-bond donors (Lipinski definition) is 3. The third-order valence-electron chi connectivity index (χ3n) is 2.06. The van der Waals surface area contributed by atoms with Crippen molar-refractivity contribution in [1.29, 1.82) is 0 Å². The second kappa shape index (κ2) is 5.42. The van der Waals surface area contributed by atoms with E-state index in [1.807, 2.05) is 0 Å². The Morgan fingerprint density at radius 1 is 1.47 bits per heavy atom. The van der Waals surface area contributed by atoms with Gasteiger partial charge in [-0.2, -0.15) is 0 Å². The van der Waals surface area contributed by atoms with Crippen molar-refractivity contribution in [2.45, 2.75) is 12.2 Å². The number of rotatable bonds is 4. The molecule has 0 spiro atoms. The van der Waals surface area contributed by atoms with E-state index in [1.165, 1.54) is 12.1 Å². The Bertz CT molecular complexity index is 335. The van der Waals surface area contributed by atoms with Gasteiger partial charge in [0.05, 0.1) is 11.1 Å². The van der Waals surface area contributed by atoms with Crippen molar-refractivity contribution >= 4 is 11.6 Å². The van der Waals surface area contributed by atoms with E-state index in [9.17, 15) is 14.6 Å². The topological polar surface area (TPSA) is 52.5 Å². The predicted octanol–water partition coefficient (Wildman–Crippen LogP) is 1.09. The molecule has 1 rings (SSSR count). The average Bonchev–Trinajstić information content (AvgIpc) is 2.21. The molecule has 15 heavy (non-hydrogen) atoms. The van der Waals surface area contributed by atoms with E-state index >= 15 is 0 Å². The summed E-state index contributed by atoms with van der Waals surface area (Å²) in [4.78, 5) is 0. The van der Waals surface area contributed by atoms with Gasteiger partial charge in [0.15, 0.2) is 0 Å². The molecule has 3 nitrogen and oxygen atoms in total. The predicted molar refractivity (Wildman–Crippen MR) is 56.3 cm³/mol. The van der Waals surface area contributed by atoms with Crippen LogP contribution in [0.15, 0.2) is 18.2 Å². The summed E-state index contributed by atoms with van der Waals surface area (Å²) in [7, 11) is 1.66. The van der Waals surface area contributed by atoms with Crippen LogP contribution >= 0.6 is 11.6 Å². The molecule has 2 atom stereocenters. The fraction of sp³-hybridized carbons (Fsp3) is 0.400. The molecule has 0 radical (unpaired) electrons. The molecule has 0 saturated carbocycles. The molecule has 0 aliphatic heterocycles. The lowest BCUT2D eigenvalue weighted by Gasteiger charge is -2.17. The van der Waals surface area contributed by atoms with Crippen LogP contribution in [0.3, 0.4) is 0 Å². The molecule has 5 heteroatoms. The number of hydrogen-bond acceptors (Lipinski definition) is 3. The van der Waals surface area contributed by atoms with Crippen molar-refractivity contribution in [2.75, 3.05) is 13.6 Å². The van der Waals surface area contributed by atoms with E-state index in [4.69, 9.17) is 11.6 Å². The molecular formula is C10H13ClFNO2. The number of halogens is 2. The molecule has 0 bridgehead atoms. The van der Waals surface area contributed by atoms with Gasteiger partial charge in [0.1, 0.15) is 11.9 Å². The van der Waals surface area contributed by atoms with Gasteiger partial charge >= 0.3 is 0 Å². The molecule has 0 saturated heterocycles. The lowest BCUT2D eigenvalue weighted by atomic mass is 10.0. The number of nitrogens with one attached hydrogen (secondary N) is 1. The van der Waals surface area contributed by atoms with Gasteiger partial charge in [-0.25, -0.2) is 4.39 Å². The van der Waals surface area contributed by atoms with Gasteiger partial charge in [-0.1, -0.05) is 17.7 Å². The van der Waals surface area contributed by atoms with E-state index in [1.54, 1.807) is 7.05 Å². The molecule has 0 aromatic heterocycles. The Balaban J connectivity index is 2.81. The summed E-state index contributed by atoms with van der Waals surface area (Å²) in [6.07, 6.45) is -2.02. The summed E-state index contributed by atoms with van der Waals surface area (Å²) < 4.78 is 12.8. The molecule has 3 N–H and O–H groups in total. The van der Waals surface area contributed by atoms with Crippen LogP contribution in [-0.2, 0) is 0 Å². The highest BCUT2D eigenvalue weighted by atomic mass is 35.5. The largest absolute Gasteiger partial charge is 0.389 e. The first-order valence-electron chi connectivity index (χ1n) is 4.52. The van der Waals surface area contributed by atoms with Crippen LogP contribution in [0.2, 0.25) is 5.02 Å². The Kier molecular flexibility index (Phi) is 4.47. The van der Waals surface area contributed by atoms with E-state index < -0.39 is 18.0 Å². The zero-order valence-corrected chi connectivity index (χ0v) is 9.00. The van der Waals surface area contributed by atoms with Crippen LogP contribution in [-0.4, -0.2) is 29.9 Å². The van der Waals surface area contributed by atoms with Crippen molar-refractivity contribution in [1.82, 2.24) is 5.32 Å². The lowest BCUT2D eigenvalue weighted by Crippen LogP contribution is -2.29. The van der Waals surface area contributed by atoms with Crippen molar-refractivity contribution in [2.24, 2.45) is 0 Å². The van der Waals surface area contributed by atoms with E-state index in [-0.39, 0.29) is 11.6 Å². The maximum atomic E-state index is 12.8. The molecule has 0 fully saturated rings. The van der Waals surface area contributed by atoms with Crippen molar-refractivity contribution in [3.8, 4) is 0 Å². The van der Waals surface area contributed by atoms with E-state index in [0.29, 0.717) is 5.56 Å². The molecule has 2 unspecified atom stereocenters. The third kappa shape index (κ3) is 3.14. The molecule has 1 aromatic carbocycles. The monoisotopic (exact) mass is 233 g/mol. The molecule has 0 aliphatic rings. The molecular weight excluding hydrogens is 221 g/mol. The highest BCUT2D eigenvalue weighted by Gasteiger charge is 2.18. The van der Waals surface area contributed by atoms with E-state index in [0.717, 1.165) is 6.07 Å². The molecule has 0 aliphatic carbocycles. The molecule has 84 valence electrons. The molecule has 0 heterocycles. The Morgan fingerprint density at radius 2 is 2.13 bits per heavy atom. The Labute approximate surface area is 92.5 Å². The first-order valence-corrected chi connectivity index (χ1v) is 4.89. The summed E-state index contributed by atoms with van der Waals surface area (Å²) in [5.41, 5.74) is 0.393. The first-order chi connectivity index (χ1) is 7.06. The smallest absolute Gasteiger partial charge is 0.141 e. The van der Waals surface area contributed by atoms with Crippen LogP contribution in [0.5, 0.6) is 0 Å². The SMILES string of the molecule is CNCC(O)C(O)c1ccc(F)c(Cl)c1. The van der Waals surface area contributed by atoms with Gasteiger partial charge in [-0.3, -0.25) is 0 Å². The van der Waals surface area contributed by atoms with Crippen LogP contribution in [0.4, 0.5) is 4.39 Å².